The maximum absolute atomic E-state index is 13.9. The first-order valence-corrected chi connectivity index (χ1v) is 11.0. The first kappa shape index (κ1) is 22.6. The molecule has 3 amide bonds. The van der Waals surface area contributed by atoms with E-state index in [1.807, 2.05) is 30.3 Å². The number of halogens is 2. The lowest BCUT2D eigenvalue weighted by molar-refractivity contribution is -0.131. The molecule has 31 heavy (non-hydrogen) atoms. The number of piperazine rings is 1. The van der Waals surface area contributed by atoms with Crippen molar-refractivity contribution in [3.05, 3.63) is 65.7 Å². The van der Waals surface area contributed by atoms with E-state index < -0.39 is 32.6 Å². The third-order valence-corrected chi connectivity index (χ3v) is 6.73. The largest absolute Gasteiger partial charge is 0.339 e. The third-order valence-electron chi connectivity index (χ3n) is 4.80. The summed E-state index contributed by atoms with van der Waals surface area (Å²) >= 11 is 0. The minimum absolute atomic E-state index is 0.0366. The Morgan fingerprint density at radius 2 is 1.61 bits per heavy atom. The zero-order valence-corrected chi connectivity index (χ0v) is 17.4. The number of rotatable bonds is 6. The molecular weight excluding hydrogens is 430 g/mol. The van der Waals surface area contributed by atoms with E-state index in [1.165, 1.54) is 4.90 Å². The van der Waals surface area contributed by atoms with Crippen LogP contribution in [0.3, 0.4) is 0 Å². The fourth-order valence-electron chi connectivity index (χ4n) is 3.11. The second kappa shape index (κ2) is 9.84. The number of benzene rings is 2. The molecule has 0 unspecified atom stereocenters. The SMILES string of the molecule is O=C(NCC(=O)N1CCN(S(=O)(=O)c2ccc(F)cc2F)CC1)NCc1ccccc1. The molecule has 2 aromatic carbocycles. The Labute approximate surface area is 178 Å². The van der Waals surface area contributed by atoms with Crippen molar-refractivity contribution in [2.75, 3.05) is 32.7 Å². The van der Waals surface area contributed by atoms with E-state index in [1.54, 1.807) is 0 Å². The highest BCUT2D eigenvalue weighted by molar-refractivity contribution is 7.89. The van der Waals surface area contributed by atoms with Crippen LogP contribution in [-0.2, 0) is 21.4 Å². The molecule has 2 N–H and O–H groups in total. The van der Waals surface area contributed by atoms with Gasteiger partial charge in [0.25, 0.3) is 0 Å². The summed E-state index contributed by atoms with van der Waals surface area (Å²) in [6, 6.07) is 11.1. The average Bonchev–Trinajstić information content (AvgIpc) is 2.76. The molecule has 11 heteroatoms. The van der Waals surface area contributed by atoms with Crippen molar-refractivity contribution in [3.63, 3.8) is 0 Å². The molecule has 1 saturated heterocycles. The fourth-order valence-corrected chi connectivity index (χ4v) is 4.58. The Morgan fingerprint density at radius 3 is 2.26 bits per heavy atom. The molecule has 8 nitrogen and oxygen atoms in total. The maximum atomic E-state index is 13.9. The summed E-state index contributed by atoms with van der Waals surface area (Å²) in [6.07, 6.45) is 0. The Kier molecular flexibility index (Phi) is 7.18. The van der Waals surface area contributed by atoms with Gasteiger partial charge in [-0.3, -0.25) is 4.79 Å². The topological polar surface area (TPSA) is 98.8 Å². The number of carbonyl (C=O) groups is 2. The van der Waals surface area contributed by atoms with Gasteiger partial charge in [-0.15, -0.1) is 0 Å². The minimum atomic E-state index is -4.14. The molecule has 0 atom stereocenters. The summed E-state index contributed by atoms with van der Waals surface area (Å²) in [5, 5.41) is 5.11. The number of hydrogen-bond acceptors (Lipinski definition) is 4. The lowest BCUT2D eigenvalue weighted by Gasteiger charge is -2.34. The maximum Gasteiger partial charge on any atom is 0.315 e. The number of nitrogens with zero attached hydrogens (tertiary/aromatic N) is 2. The Balaban J connectivity index is 1.46. The predicted octanol–water partition coefficient (Wildman–Crippen LogP) is 1.30. The molecular formula is C20H22F2N4O4S. The van der Waals surface area contributed by atoms with Crippen LogP contribution in [0.5, 0.6) is 0 Å². The van der Waals surface area contributed by atoms with E-state index in [2.05, 4.69) is 10.6 Å². The normalized spacial score (nSPS) is 14.8. The van der Waals surface area contributed by atoms with Crippen molar-refractivity contribution in [2.45, 2.75) is 11.4 Å². The van der Waals surface area contributed by atoms with Gasteiger partial charge in [-0.1, -0.05) is 30.3 Å². The number of carbonyl (C=O) groups excluding carboxylic acids is 2. The first-order valence-electron chi connectivity index (χ1n) is 9.56. The minimum Gasteiger partial charge on any atom is -0.339 e. The lowest BCUT2D eigenvalue weighted by atomic mass is 10.2. The van der Waals surface area contributed by atoms with Crippen molar-refractivity contribution in [1.29, 1.82) is 0 Å². The summed E-state index contributed by atoms with van der Waals surface area (Å²) in [4.78, 5) is 25.0. The molecule has 166 valence electrons. The number of amides is 3. The Hall–Kier alpha value is -3.05. The molecule has 0 aromatic heterocycles. The van der Waals surface area contributed by atoms with Gasteiger partial charge in [-0.05, 0) is 17.7 Å². The molecule has 1 fully saturated rings. The number of urea groups is 1. The quantitative estimate of drug-likeness (QED) is 0.690. The highest BCUT2D eigenvalue weighted by atomic mass is 32.2. The van der Waals surface area contributed by atoms with Crippen molar-refractivity contribution < 1.29 is 26.8 Å². The predicted molar refractivity (Wildman–Crippen MR) is 108 cm³/mol. The first-order chi connectivity index (χ1) is 14.8. The molecule has 0 spiro atoms. The molecule has 1 aliphatic rings. The summed E-state index contributed by atoms with van der Waals surface area (Å²) < 4.78 is 53.2. The van der Waals surface area contributed by atoms with Gasteiger partial charge in [-0.2, -0.15) is 4.31 Å². The second-order valence-electron chi connectivity index (χ2n) is 6.88. The fraction of sp³-hybridized carbons (Fsp3) is 0.300. The number of nitrogens with one attached hydrogen (secondary N) is 2. The van der Waals surface area contributed by atoms with Crippen LogP contribution in [0.2, 0.25) is 0 Å². The molecule has 1 aliphatic heterocycles. The zero-order chi connectivity index (χ0) is 22.4. The van der Waals surface area contributed by atoms with E-state index >= 15 is 0 Å². The summed E-state index contributed by atoms with van der Waals surface area (Å²) in [7, 11) is -4.14. The van der Waals surface area contributed by atoms with Gasteiger partial charge in [0.2, 0.25) is 15.9 Å². The van der Waals surface area contributed by atoms with Gasteiger partial charge >= 0.3 is 6.03 Å². The van der Waals surface area contributed by atoms with Crippen LogP contribution in [0.1, 0.15) is 5.56 Å². The van der Waals surface area contributed by atoms with Crippen LogP contribution >= 0.6 is 0 Å². The van der Waals surface area contributed by atoms with Gasteiger partial charge < -0.3 is 15.5 Å². The van der Waals surface area contributed by atoms with Crippen LogP contribution in [0.25, 0.3) is 0 Å². The number of sulfonamides is 1. The standard InChI is InChI=1S/C20H22F2N4O4S/c21-16-6-7-18(17(22)12-16)31(29,30)26-10-8-25(9-11-26)19(27)14-24-20(28)23-13-15-4-2-1-3-5-15/h1-7,12H,8-11,13-14H2,(H2,23,24,28). The molecule has 0 saturated carbocycles. The lowest BCUT2D eigenvalue weighted by Crippen LogP contribution is -2.53. The van der Waals surface area contributed by atoms with Crippen molar-refractivity contribution in [1.82, 2.24) is 19.8 Å². The third kappa shape index (κ3) is 5.76. The molecule has 3 rings (SSSR count). The molecule has 2 aromatic rings. The van der Waals surface area contributed by atoms with Crippen LogP contribution in [0, 0.1) is 11.6 Å². The molecule has 0 bridgehead atoms. The van der Waals surface area contributed by atoms with E-state index in [0.717, 1.165) is 22.0 Å². The van der Waals surface area contributed by atoms with Crippen LogP contribution in [-0.4, -0.2) is 62.3 Å². The molecule has 0 radical (unpaired) electrons. The van der Waals surface area contributed by atoms with Crippen molar-refractivity contribution in [2.24, 2.45) is 0 Å². The van der Waals surface area contributed by atoms with E-state index in [0.29, 0.717) is 12.6 Å². The number of hydrogen-bond donors (Lipinski definition) is 2. The summed E-state index contributed by atoms with van der Waals surface area (Å²) in [6.45, 7) is 0.190. The highest BCUT2D eigenvalue weighted by Crippen LogP contribution is 2.21. The van der Waals surface area contributed by atoms with Crippen LogP contribution in [0.15, 0.2) is 53.4 Å². The molecule has 1 heterocycles. The van der Waals surface area contributed by atoms with E-state index in [4.69, 9.17) is 0 Å². The van der Waals surface area contributed by atoms with Gasteiger partial charge in [0.05, 0.1) is 6.54 Å². The van der Waals surface area contributed by atoms with Gasteiger partial charge in [0, 0.05) is 38.8 Å². The Morgan fingerprint density at radius 1 is 0.935 bits per heavy atom. The van der Waals surface area contributed by atoms with E-state index in [9.17, 15) is 26.8 Å². The molecule has 0 aliphatic carbocycles. The van der Waals surface area contributed by atoms with Gasteiger partial charge in [0.1, 0.15) is 16.5 Å². The smallest absolute Gasteiger partial charge is 0.315 e. The summed E-state index contributed by atoms with van der Waals surface area (Å²) in [5.41, 5.74) is 0.916. The Bertz CT molecular complexity index is 1040. The van der Waals surface area contributed by atoms with Crippen molar-refractivity contribution >= 4 is 22.0 Å². The zero-order valence-electron chi connectivity index (χ0n) is 16.6. The highest BCUT2D eigenvalue weighted by Gasteiger charge is 2.32. The average molecular weight is 452 g/mol. The van der Waals surface area contributed by atoms with Crippen LogP contribution < -0.4 is 10.6 Å². The van der Waals surface area contributed by atoms with Crippen molar-refractivity contribution in [3.8, 4) is 0 Å². The second-order valence-corrected chi connectivity index (χ2v) is 8.79. The van der Waals surface area contributed by atoms with Gasteiger partial charge in [0.15, 0.2) is 0 Å². The summed E-state index contributed by atoms with van der Waals surface area (Å²) in [5.74, 6) is -2.39. The monoisotopic (exact) mass is 452 g/mol. The van der Waals surface area contributed by atoms with E-state index in [-0.39, 0.29) is 38.6 Å². The van der Waals surface area contributed by atoms with Gasteiger partial charge in [-0.25, -0.2) is 22.0 Å². The van der Waals surface area contributed by atoms with Crippen LogP contribution in [0.4, 0.5) is 13.6 Å².